The van der Waals surface area contributed by atoms with Crippen molar-refractivity contribution in [1.82, 2.24) is 15.2 Å². The number of amides is 3. The van der Waals surface area contributed by atoms with Crippen LogP contribution in [0.5, 0.6) is 0 Å². The molecule has 1 fully saturated rings. The third-order valence-corrected chi connectivity index (χ3v) is 4.58. The Kier molecular flexibility index (Phi) is 6.21. The van der Waals surface area contributed by atoms with Gasteiger partial charge in [-0.05, 0) is 42.7 Å². The first-order valence-electron chi connectivity index (χ1n) is 9.10. The molecule has 1 atom stereocenters. The van der Waals surface area contributed by atoms with Crippen molar-refractivity contribution in [2.75, 3.05) is 18.4 Å². The summed E-state index contributed by atoms with van der Waals surface area (Å²) in [6, 6.07) is 12.0. The first-order valence-corrected chi connectivity index (χ1v) is 9.10. The second-order valence-corrected chi connectivity index (χ2v) is 6.65. The standard InChI is InChI=1S/C20H22N4O4/c25-18(17-8-1-2-9-21-17)23-16-7-3-5-14(11-16)12-22-20(28)24-10-4-6-15(13-24)19(26)27/h1-3,5,7-9,11,15H,4,6,10,12-13H2,(H,22,28)(H,23,25)(H,26,27). The topological polar surface area (TPSA) is 112 Å². The highest BCUT2D eigenvalue weighted by Gasteiger charge is 2.27. The van der Waals surface area contributed by atoms with Gasteiger partial charge in [-0.3, -0.25) is 14.6 Å². The normalized spacial score (nSPS) is 16.3. The SMILES string of the molecule is O=C(Nc1cccc(CNC(=O)N2CCCC(C(=O)O)C2)c1)c1ccccn1. The van der Waals surface area contributed by atoms with Crippen LogP contribution in [0.2, 0.25) is 0 Å². The van der Waals surface area contributed by atoms with Crippen molar-refractivity contribution >= 4 is 23.6 Å². The number of carbonyl (C=O) groups is 3. The molecule has 1 aromatic carbocycles. The van der Waals surface area contributed by atoms with Crippen LogP contribution in [0.15, 0.2) is 48.7 Å². The van der Waals surface area contributed by atoms with Gasteiger partial charge in [0.1, 0.15) is 5.69 Å². The third kappa shape index (κ3) is 5.06. The molecular formula is C20H22N4O4. The number of anilines is 1. The van der Waals surface area contributed by atoms with Gasteiger partial charge in [0, 0.05) is 31.5 Å². The van der Waals surface area contributed by atoms with Gasteiger partial charge < -0.3 is 20.6 Å². The van der Waals surface area contributed by atoms with Crippen molar-refractivity contribution in [2.45, 2.75) is 19.4 Å². The summed E-state index contributed by atoms with van der Waals surface area (Å²) in [6.07, 6.45) is 2.83. The van der Waals surface area contributed by atoms with Crippen molar-refractivity contribution in [3.63, 3.8) is 0 Å². The number of hydrogen-bond acceptors (Lipinski definition) is 4. The molecule has 1 aromatic heterocycles. The van der Waals surface area contributed by atoms with Gasteiger partial charge in [-0.15, -0.1) is 0 Å². The maximum Gasteiger partial charge on any atom is 0.317 e. The maximum atomic E-state index is 12.3. The van der Waals surface area contributed by atoms with E-state index in [0.717, 1.165) is 5.56 Å². The summed E-state index contributed by atoms with van der Waals surface area (Å²) in [7, 11) is 0. The largest absolute Gasteiger partial charge is 0.481 e. The minimum atomic E-state index is -0.867. The van der Waals surface area contributed by atoms with Gasteiger partial charge in [-0.2, -0.15) is 0 Å². The highest BCUT2D eigenvalue weighted by molar-refractivity contribution is 6.02. The number of rotatable bonds is 5. The van der Waals surface area contributed by atoms with Crippen LogP contribution in [-0.2, 0) is 11.3 Å². The zero-order valence-corrected chi connectivity index (χ0v) is 15.3. The number of pyridine rings is 1. The minimum absolute atomic E-state index is 0.224. The van der Waals surface area contributed by atoms with E-state index in [-0.39, 0.29) is 25.0 Å². The lowest BCUT2D eigenvalue weighted by Crippen LogP contribution is -2.46. The number of urea groups is 1. The zero-order chi connectivity index (χ0) is 19.9. The summed E-state index contributed by atoms with van der Waals surface area (Å²) in [4.78, 5) is 41.2. The Morgan fingerprint density at radius 3 is 2.79 bits per heavy atom. The number of benzene rings is 1. The summed E-state index contributed by atoms with van der Waals surface area (Å²) >= 11 is 0. The molecule has 8 nitrogen and oxygen atoms in total. The predicted molar refractivity (Wildman–Crippen MR) is 103 cm³/mol. The Hall–Kier alpha value is -3.42. The number of nitrogens with zero attached hydrogens (tertiary/aromatic N) is 2. The Labute approximate surface area is 162 Å². The number of carboxylic acids is 1. The molecule has 0 bridgehead atoms. The summed E-state index contributed by atoms with van der Waals surface area (Å²) in [5, 5.41) is 14.7. The molecule has 2 heterocycles. The summed E-state index contributed by atoms with van der Waals surface area (Å²) in [6.45, 7) is 1.05. The van der Waals surface area contributed by atoms with Gasteiger partial charge in [-0.1, -0.05) is 18.2 Å². The van der Waals surface area contributed by atoms with E-state index in [1.54, 1.807) is 42.6 Å². The van der Waals surface area contributed by atoms with Crippen molar-refractivity contribution in [2.24, 2.45) is 5.92 Å². The first-order chi connectivity index (χ1) is 13.5. The van der Waals surface area contributed by atoms with Crippen LogP contribution in [0.1, 0.15) is 28.9 Å². The lowest BCUT2D eigenvalue weighted by Gasteiger charge is -2.30. The van der Waals surface area contributed by atoms with Crippen LogP contribution >= 0.6 is 0 Å². The number of aliphatic carboxylic acids is 1. The molecule has 8 heteroatoms. The molecule has 2 aromatic rings. The van der Waals surface area contributed by atoms with Crippen LogP contribution in [0.25, 0.3) is 0 Å². The average Bonchev–Trinajstić information content (AvgIpc) is 2.73. The lowest BCUT2D eigenvalue weighted by molar-refractivity contribution is -0.143. The van der Waals surface area contributed by atoms with Crippen molar-refractivity contribution in [3.8, 4) is 0 Å². The Balaban J connectivity index is 1.55. The first kappa shape index (κ1) is 19.3. The Bertz CT molecular complexity index is 856. The van der Waals surface area contributed by atoms with Crippen LogP contribution in [0.3, 0.4) is 0 Å². The molecule has 0 aliphatic carbocycles. The molecule has 3 rings (SSSR count). The van der Waals surface area contributed by atoms with E-state index in [4.69, 9.17) is 5.11 Å². The van der Waals surface area contributed by atoms with E-state index in [9.17, 15) is 14.4 Å². The lowest BCUT2D eigenvalue weighted by atomic mass is 9.99. The van der Waals surface area contributed by atoms with Gasteiger partial charge in [0.15, 0.2) is 0 Å². The quantitative estimate of drug-likeness (QED) is 0.735. The van der Waals surface area contributed by atoms with E-state index < -0.39 is 11.9 Å². The van der Waals surface area contributed by atoms with Crippen molar-refractivity contribution in [1.29, 1.82) is 0 Å². The summed E-state index contributed by atoms with van der Waals surface area (Å²) < 4.78 is 0. The van der Waals surface area contributed by atoms with Gasteiger partial charge in [-0.25, -0.2) is 4.79 Å². The highest BCUT2D eigenvalue weighted by atomic mass is 16.4. The number of likely N-dealkylation sites (tertiary alicyclic amines) is 1. The van der Waals surface area contributed by atoms with Gasteiger partial charge in [0.25, 0.3) is 5.91 Å². The molecule has 146 valence electrons. The van der Waals surface area contributed by atoms with Crippen molar-refractivity contribution < 1.29 is 19.5 Å². The maximum absolute atomic E-state index is 12.3. The highest BCUT2D eigenvalue weighted by Crippen LogP contribution is 2.17. The van der Waals surface area contributed by atoms with E-state index in [1.807, 2.05) is 6.07 Å². The number of hydrogen-bond donors (Lipinski definition) is 3. The predicted octanol–water partition coefficient (Wildman–Crippen LogP) is 2.34. The summed E-state index contributed by atoms with van der Waals surface area (Å²) in [5.74, 6) is -1.69. The molecule has 1 unspecified atom stereocenters. The van der Waals surface area contributed by atoms with Crippen molar-refractivity contribution in [3.05, 3.63) is 59.9 Å². The average molecular weight is 382 g/mol. The second kappa shape index (κ2) is 8.98. The number of aromatic nitrogens is 1. The van der Waals surface area contributed by atoms with E-state index in [2.05, 4.69) is 15.6 Å². The molecule has 1 saturated heterocycles. The minimum Gasteiger partial charge on any atom is -0.481 e. The Morgan fingerprint density at radius 2 is 2.04 bits per heavy atom. The van der Waals surface area contributed by atoms with Crippen LogP contribution in [-0.4, -0.2) is 46.0 Å². The van der Waals surface area contributed by atoms with Gasteiger partial charge in [0.05, 0.1) is 5.92 Å². The molecule has 3 amide bonds. The van der Waals surface area contributed by atoms with E-state index in [1.165, 1.54) is 4.90 Å². The fraction of sp³-hybridized carbons (Fsp3) is 0.300. The Morgan fingerprint density at radius 1 is 1.18 bits per heavy atom. The van der Waals surface area contributed by atoms with E-state index >= 15 is 0 Å². The molecule has 0 spiro atoms. The number of carboxylic acid groups (broad SMARTS) is 1. The molecule has 1 aliphatic rings. The zero-order valence-electron chi connectivity index (χ0n) is 15.3. The monoisotopic (exact) mass is 382 g/mol. The van der Waals surface area contributed by atoms with Crippen LogP contribution < -0.4 is 10.6 Å². The van der Waals surface area contributed by atoms with E-state index in [0.29, 0.717) is 30.8 Å². The molecule has 1 aliphatic heterocycles. The number of piperidine rings is 1. The molecule has 28 heavy (non-hydrogen) atoms. The fourth-order valence-electron chi connectivity index (χ4n) is 3.10. The molecular weight excluding hydrogens is 360 g/mol. The molecule has 0 saturated carbocycles. The second-order valence-electron chi connectivity index (χ2n) is 6.65. The number of nitrogens with one attached hydrogen (secondary N) is 2. The molecule has 3 N–H and O–H groups in total. The fourth-order valence-corrected chi connectivity index (χ4v) is 3.10. The third-order valence-electron chi connectivity index (χ3n) is 4.58. The summed E-state index contributed by atoms with van der Waals surface area (Å²) in [5.41, 5.74) is 1.74. The van der Waals surface area contributed by atoms with Gasteiger partial charge in [0.2, 0.25) is 0 Å². The van der Waals surface area contributed by atoms with Crippen LogP contribution in [0, 0.1) is 5.92 Å². The van der Waals surface area contributed by atoms with Gasteiger partial charge >= 0.3 is 12.0 Å². The molecule has 0 radical (unpaired) electrons. The van der Waals surface area contributed by atoms with Crippen LogP contribution in [0.4, 0.5) is 10.5 Å². The number of carbonyl (C=O) groups excluding carboxylic acids is 2. The smallest absolute Gasteiger partial charge is 0.317 e.